The summed E-state index contributed by atoms with van der Waals surface area (Å²) in [4.78, 5) is 2.43. The van der Waals surface area contributed by atoms with Crippen LogP contribution in [0.3, 0.4) is 0 Å². The molecular weight excluding hydrogens is 246 g/mol. The van der Waals surface area contributed by atoms with Gasteiger partial charge in [0.25, 0.3) is 0 Å². The first-order chi connectivity index (χ1) is 9.24. The molecule has 0 aromatic carbocycles. The van der Waals surface area contributed by atoms with Gasteiger partial charge in [0.15, 0.2) is 0 Å². The van der Waals surface area contributed by atoms with Crippen molar-refractivity contribution in [3.8, 4) is 6.07 Å². The van der Waals surface area contributed by atoms with Crippen molar-refractivity contribution < 1.29 is 0 Å². The zero-order chi connectivity index (χ0) is 15.4. The predicted octanol–water partition coefficient (Wildman–Crippen LogP) is 3.56. The van der Waals surface area contributed by atoms with E-state index in [0.717, 1.165) is 25.8 Å². The van der Waals surface area contributed by atoms with Crippen molar-refractivity contribution in [3.05, 3.63) is 0 Å². The Labute approximate surface area is 125 Å². The number of nitrogens with one attached hydrogen (secondary N) is 1. The van der Waals surface area contributed by atoms with Crippen LogP contribution >= 0.6 is 0 Å². The van der Waals surface area contributed by atoms with Gasteiger partial charge in [-0.2, -0.15) is 5.26 Å². The molecule has 1 fully saturated rings. The van der Waals surface area contributed by atoms with Gasteiger partial charge in [0.1, 0.15) is 5.54 Å². The molecule has 20 heavy (non-hydrogen) atoms. The molecule has 116 valence electrons. The van der Waals surface area contributed by atoms with Crippen LogP contribution in [0.2, 0.25) is 0 Å². The van der Waals surface area contributed by atoms with Crippen molar-refractivity contribution >= 4 is 0 Å². The van der Waals surface area contributed by atoms with Gasteiger partial charge in [-0.25, -0.2) is 0 Å². The van der Waals surface area contributed by atoms with Gasteiger partial charge in [-0.15, -0.1) is 0 Å². The van der Waals surface area contributed by atoms with Crippen LogP contribution in [0, 0.1) is 16.7 Å². The minimum atomic E-state index is -0.299. The summed E-state index contributed by atoms with van der Waals surface area (Å²) in [7, 11) is 2.20. The highest BCUT2D eigenvalue weighted by Crippen LogP contribution is 2.27. The monoisotopic (exact) mass is 279 g/mol. The zero-order valence-corrected chi connectivity index (χ0v) is 14.3. The molecule has 0 spiro atoms. The Morgan fingerprint density at radius 1 is 1.35 bits per heavy atom. The van der Waals surface area contributed by atoms with E-state index in [1.54, 1.807) is 0 Å². The highest BCUT2D eigenvalue weighted by Gasteiger charge is 2.34. The Bertz CT molecular complexity index is 335. The third kappa shape index (κ3) is 5.07. The zero-order valence-electron chi connectivity index (χ0n) is 14.3. The molecule has 0 heterocycles. The molecule has 1 aliphatic rings. The predicted molar refractivity (Wildman–Crippen MR) is 85.6 cm³/mol. The molecule has 1 saturated carbocycles. The van der Waals surface area contributed by atoms with Gasteiger partial charge >= 0.3 is 0 Å². The van der Waals surface area contributed by atoms with Crippen LogP contribution in [0.25, 0.3) is 0 Å². The molecule has 0 aromatic rings. The minimum Gasteiger partial charge on any atom is -0.303 e. The van der Waals surface area contributed by atoms with Gasteiger partial charge < -0.3 is 4.90 Å². The largest absolute Gasteiger partial charge is 0.303 e. The molecule has 2 unspecified atom stereocenters. The Balaban J connectivity index is 2.42. The molecule has 2 atom stereocenters. The smallest absolute Gasteiger partial charge is 0.106 e. The van der Waals surface area contributed by atoms with E-state index in [0.29, 0.717) is 17.5 Å². The number of hydrogen-bond acceptors (Lipinski definition) is 3. The fourth-order valence-corrected chi connectivity index (χ4v) is 2.62. The summed E-state index contributed by atoms with van der Waals surface area (Å²) in [6, 6.07) is 3.69. The summed E-state index contributed by atoms with van der Waals surface area (Å²) in [5.41, 5.74) is 0.00502. The van der Waals surface area contributed by atoms with Gasteiger partial charge in [-0.1, -0.05) is 27.7 Å². The van der Waals surface area contributed by atoms with Crippen molar-refractivity contribution in [2.24, 2.45) is 5.41 Å². The van der Waals surface area contributed by atoms with Crippen molar-refractivity contribution in [3.63, 3.8) is 0 Å². The molecule has 1 N–H and O–H groups in total. The van der Waals surface area contributed by atoms with E-state index < -0.39 is 0 Å². The van der Waals surface area contributed by atoms with E-state index in [1.807, 2.05) is 0 Å². The second-order valence-corrected chi connectivity index (χ2v) is 7.59. The summed E-state index contributed by atoms with van der Waals surface area (Å²) in [5, 5.41) is 13.1. The van der Waals surface area contributed by atoms with E-state index in [2.05, 4.69) is 58.0 Å². The molecular formula is C17H33N3. The molecule has 0 bridgehead atoms. The van der Waals surface area contributed by atoms with Crippen molar-refractivity contribution in [2.75, 3.05) is 13.6 Å². The molecule has 3 nitrogen and oxygen atoms in total. The van der Waals surface area contributed by atoms with Gasteiger partial charge in [0.2, 0.25) is 0 Å². The average Bonchev–Trinajstić information content (AvgIpc) is 3.19. The first-order valence-corrected chi connectivity index (χ1v) is 8.13. The van der Waals surface area contributed by atoms with Gasteiger partial charge in [-0.05, 0) is 58.0 Å². The molecule has 0 aromatic heterocycles. The third-order valence-corrected chi connectivity index (χ3v) is 4.90. The first kappa shape index (κ1) is 17.5. The summed E-state index contributed by atoms with van der Waals surface area (Å²) in [5.74, 6) is 0. The molecule has 0 saturated heterocycles. The van der Waals surface area contributed by atoms with Crippen LogP contribution in [0.5, 0.6) is 0 Å². The van der Waals surface area contributed by atoms with Crippen LogP contribution in [0.1, 0.15) is 66.7 Å². The van der Waals surface area contributed by atoms with E-state index in [1.165, 1.54) is 12.8 Å². The second-order valence-electron chi connectivity index (χ2n) is 7.59. The molecule has 0 aliphatic heterocycles. The number of rotatable bonds is 8. The van der Waals surface area contributed by atoms with Crippen molar-refractivity contribution in [1.29, 1.82) is 5.26 Å². The van der Waals surface area contributed by atoms with E-state index in [-0.39, 0.29) is 5.54 Å². The fourth-order valence-electron chi connectivity index (χ4n) is 2.62. The Kier molecular flexibility index (Phi) is 6.04. The van der Waals surface area contributed by atoms with Gasteiger partial charge in [0.05, 0.1) is 6.07 Å². The van der Waals surface area contributed by atoms with E-state index in [4.69, 9.17) is 0 Å². The summed E-state index contributed by atoms with van der Waals surface area (Å²) >= 11 is 0. The first-order valence-electron chi connectivity index (χ1n) is 8.13. The van der Waals surface area contributed by atoms with Crippen molar-refractivity contribution in [1.82, 2.24) is 10.2 Å². The molecule has 0 amide bonds. The highest BCUT2D eigenvalue weighted by atomic mass is 15.1. The fraction of sp³-hybridized carbons (Fsp3) is 0.941. The maximum Gasteiger partial charge on any atom is 0.106 e. The Hall–Kier alpha value is -0.590. The summed E-state index contributed by atoms with van der Waals surface area (Å²) < 4.78 is 0. The van der Waals surface area contributed by atoms with Crippen LogP contribution in [-0.2, 0) is 0 Å². The summed E-state index contributed by atoms with van der Waals surface area (Å²) in [6.07, 6.45) is 5.42. The molecule has 0 radical (unpaired) electrons. The number of hydrogen-bond donors (Lipinski definition) is 1. The number of nitriles is 1. The standard InChI is InChI=1S/C17H33N3/c1-7-17(13-18,19-15-9-10-15)11-8-12-20(6)14(2)16(3,4)5/h14-15,19H,7-12H2,1-6H3. The van der Waals surface area contributed by atoms with Crippen molar-refractivity contribution in [2.45, 2.75) is 84.3 Å². The third-order valence-electron chi connectivity index (χ3n) is 4.90. The maximum atomic E-state index is 9.53. The Morgan fingerprint density at radius 2 is 1.95 bits per heavy atom. The van der Waals surface area contributed by atoms with E-state index in [9.17, 15) is 5.26 Å². The molecule has 1 aliphatic carbocycles. The van der Waals surface area contributed by atoms with Gasteiger partial charge in [0, 0.05) is 12.1 Å². The normalized spacial score (nSPS) is 20.5. The number of nitrogens with zero attached hydrogens (tertiary/aromatic N) is 2. The molecule has 3 heteroatoms. The second kappa shape index (κ2) is 6.91. The average molecular weight is 279 g/mol. The maximum absolute atomic E-state index is 9.53. The molecule has 1 rings (SSSR count). The quantitative estimate of drug-likeness (QED) is 0.738. The van der Waals surface area contributed by atoms with Crippen LogP contribution in [0.15, 0.2) is 0 Å². The Morgan fingerprint density at radius 3 is 2.35 bits per heavy atom. The van der Waals surface area contributed by atoms with Crippen LogP contribution in [-0.4, -0.2) is 36.1 Å². The van der Waals surface area contributed by atoms with Gasteiger partial charge in [-0.3, -0.25) is 5.32 Å². The lowest BCUT2D eigenvalue weighted by Gasteiger charge is -2.36. The van der Waals surface area contributed by atoms with Crippen LogP contribution in [0.4, 0.5) is 0 Å². The topological polar surface area (TPSA) is 39.1 Å². The lowest BCUT2D eigenvalue weighted by Crippen LogP contribution is -2.46. The summed E-state index contributed by atoms with van der Waals surface area (Å²) in [6.45, 7) is 12.3. The lowest BCUT2D eigenvalue weighted by atomic mass is 9.86. The van der Waals surface area contributed by atoms with Crippen LogP contribution < -0.4 is 5.32 Å². The lowest BCUT2D eigenvalue weighted by molar-refractivity contribution is 0.136. The SMILES string of the molecule is CCC(C#N)(CCCN(C)C(C)C(C)(C)C)NC1CC1. The van der Waals surface area contributed by atoms with E-state index >= 15 is 0 Å². The minimum absolute atomic E-state index is 0.299. The highest BCUT2D eigenvalue weighted by molar-refractivity contribution is 5.09.